The van der Waals surface area contributed by atoms with Crippen LogP contribution in [0.2, 0.25) is 0 Å². The van der Waals surface area contributed by atoms with Crippen LogP contribution in [0.15, 0.2) is 42.5 Å². The summed E-state index contributed by atoms with van der Waals surface area (Å²) in [6, 6.07) is 9.70. The number of imide groups is 1. The molecule has 154 valence electrons. The first-order valence-corrected chi connectivity index (χ1v) is 9.68. The zero-order valence-electron chi connectivity index (χ0n) is 16.3. The van der Waals surface area contributed by atoms with Gasteiger partial charge in [0.15, 0.2) is 0 Å². The molecule has 7 nitrogen and oxygen atoms in total. The number of halogens is 1. The second-order valence-electron chi connectivity index (χ2n) is 7.49. The SMILES string of the molecule is C[C@H](NC(=O)c1ccc2c(c1)CN(C1CCC(=O)NC1=O)C2=O)c1ccccc1F. The minimum absolute atomic E-state index is 0.179. The van der Waals surface area contributed by atoms with Gasteiger partial charge in [0, 0.05) is 29.7 Å². The average Bonchev–Trinajstić information content (AvgIpc) is 3.04. The van der Waals surface area contributed by atoms with Gasteiger partial charge in [-0.2, -0.15) is 0 Å². The summed E-state index contributed by atoms with van der Waals surface area (Å²) in [5.74, 6) is -1.91. The first kappa shape index (κ1) is 19.8. The molecule has 0 aromatic heterocycles. The molecule has 2 aromatic rings. The molecule has 4 amide bonds. The van der Waals surface area contributed by atoms with Crippen molar-refractivity contribution in [3.8, 4) is 0 Å². The fourth-order valence-electron chi connectivity index (χ4n) is 3.90. The van der Waals surface area contributed by atoms with E-state index in [9.17, 15) is 23.6 Å². The lowest BCUT2D eigenvalue weighted by Crippen LogP contribution is -2.52. The van der Waals surface area contributed by atoms with Gasteiger partial charge >= 0.3 is 0 Å². The fourth-order valence-corrected chi connectivity index (χ4v) is 3.90. The summed E-state index contributed by atoms with van der Waals surface area (Å²) in [5, 5.41) is 5.02. The van der Waals surface area contributed by atoms with Crippen LogP contribution in [0.1, 0.15) is 57.7 Å². The van der Waals surface area contributed by atoms with Crippen LogP contribution in [0.5, 0.6) is 0 Å². The molecule has 2 heterocycles. The molecule has 2 aromatic carbocycles. The minimum Gasteiger partial charge on any atom is -0.345 e. The standard InChI is InChI=1S/C22H20FN3O4/c1-12(15-4-2-3-5-17(15)23)24-20(28)13-6-7-16-14(10-13)11-26(22(16)30)18-8-9-19(27)25-21(18)29/h2-7,10,12,18H,8-9,11H2,1H3,(H,24,28)(H,25,27,29)/t12-,18?/m0/s1. The maximum Gasteiger partial charge on any atom is 0.255 e. The van der Waals surface area contributed by atoms with E-state index in [-0.39, 0.29) is 37.1 Å². The summed E-state index contributed by atoms with van der Waals surface area (Å²) in [7, 11) is 0. The fraction of sp³-hybridized carbons (Fsp3) is 0.273. The maximum atomic E-state index is 13.9. The van der Waals surface area contributed by atoms with E-state index in [2.05, 4.69) is 10.6 Å². The van der Waals surface area contributed by atoms with Gasteiger partial charge in [-0.25, -0.2) is 4.39 Å². The molecular weight excluding hydrogens is 389 g/mol. The molecule has 8 heteroatoms. The minimum atomic E-state index is -0.707. The van der Waals surface area contributed by atoms with Gasteiger partial charge in [-0.1, -0.05) is 18.2 Å². The van der Waals surface area contributed by atoms with Crippen LogP contribution in [0.4, 0.5) is 4.39 Å². The number of amides is 4. The van der Waals surface area contributed by atoms with Gasteiger partial charge in [-0.15, -0.1) is 0 Å². The van der Waals surface area contributed by atoms with Crippen molar-refractivity contribution in [2.24, 2.45) is 0 Å². The number of benzene rings is 2. The second-order valence-corrected chi connectivity index (χ2v) is 7.49. The van der Waals surface area contributed by atoms with Crippen LogP contribution < -0.4 is 10.6 Å². The Balaban J connectivity index is 1.50. The Morgan fingerprint density at radius 3 is 2.70 bits per heavy atom. The van der Waals surface area contributed by atoms with Crippen LogP contribution in [0, 0.1) is 5.82 Å². The third-order valence-electron chi connectivity index (χ3n) is 5.51. The molecule has 0 saturated carbocycles. The van der Waals surface area contributed by atoms with Crippen LogP contribution >= 0.6 is 0 Å². The average molecular weight is 409 g/mol. The Labute approximate surface area is 172 Å². The van der Waals surface area contributed by atoms with Crippen molar-refractivity contribution < 1.29 is 23.6 Å². The second kappa shape index (κ2) is 7.70. The molecule has 2 aliphatic heterocycles. The van der Waals surface area contributed by atoms with E-state index in [4.69, 9.17) is 0 Å². The number of hydrogen-bond acceptors (Lipinski definition) is 4. The predicted molar refractivity (Wildman–Crippen MR) is 105 cm³/mol. The first-order valence-electron chi connectivity index (χ1n) is 9.68. The molecule has 30 heavy (non-hydrogen) atoms. The molecule has 1 fully saturated rings. The number of hydrogen-bond donors (Lipinski definition) is 2. The normalized spacial score (nSPS) is 19.3. The summed E-state index contributed by atoms with van der Waals surface area (Å²) in [6.45, 7) is 1.88. The highest BCUT2D eigenvalue weighted by Crippen LogP contribution is 2.28. The zero-order valence-corrected chi connectivity index (χ0v) is 16.3. The van der Waals surface area contributed by atoms with E-state index >= 15 is 0 Å². The van der Waals surface area contributed by atoms with Gasteiger partial charge in [-0.05, 0) is 43.2 Å². The third-order valence-corrected chi connectivity index (χ3v) is 5.51. The van der Waals surface area contributed by atoms with Gasteiger partial charge in [0.2, 0.25) is 11.8 Å². The topological polar surface area (TPSA) is 95.6 Å². The molecule has 2 aliphatic rings. The van der Waals surface area contributed by atoms with Crippen molar-refractivity contribution in [3.05, 3.63) is 70.5 Å². The predicted octanol–water partition coefficient (Wildman–Crippen LogP) is 2.08. The van der Waals surface area contributed by atoms with Gasteiger partial charge in [0.1, 0.15) is 11.9 Å². The number of piperidine rings is 1. The van der Waals surface area contributed by atoms with Gasteiger partial charge in [0.25, 0.3) is 11.8 Å². The van der Waals surface area contributed by atoms with Crippen molar-refractivity contribution in [2.45, 2.75) is 38.4 Å². The first-order chi connectivity index (χ1) is 14.3. The van der Waals surface area contributed by atoms with E-state index in [1.165, 1.54) is 17.0 Å². The molecule has 2 atom stereocenters. The molecule has 2 N–H and O–H groups in total. The van der Waals surface area contributed by atoms with E-state index < -0.39 is 23.8 Å². The monoisotopic (exact) mass is 409 g/mol. The van der Waals surface area contributed by atoms with E-state index in [1.54, 1.807) is 37.3 Å². The quantitative estimate of drug-likeness (QED) is 0.756. The largest absolute Gasteiger partial charge is 0.345 e. The number of carbonyl (C=O) groups excluding carboxylic acids is 4. The zero-order chi connectivity index (χ0) is 21.4. The van der Waals surface area contributed by atoms with Crippen molar-refractivity contribution in [3.63, 3.8) is 0 Å². The summed E-state index contributed by atoms with van der Waals surface area (Å²) < 4.78 is 13.9. The lowest BCUT2D eigenvalue weighted by atomic mass is 10.0. The van der Waals surface area contributed by atoms with Gasteiger partial charge in [0.05, 0.1) is 6.04 Å². The van der Waals surface area contributed by atoms with Crippen LogP contribution in [0.3, 0.4) is 0 Å². The molecular formula is C22H20FN3O4. The molecule has 4 rings (SSSR count). The molecule has 0 radical (unpaired) electrons. The lowest BCUT2D eigenvalue weighted by Gasteiger charge is -2.29. The van der Waals surface area contributed by atoms with E-state index in [0.29, 0.717) is 22.3 Å². The highest BCUT2D eigenvalue weighted by molar-refractivity contribution is 6.06. The van der Waals surface area contributed by atoms with Gasteiger partial charge in [-0.3, -0.25) is 24.5 Å². The lowest BCUT2D eigenvalue weighted by molar-refractivity contribution is -0.136. The Morgan fingerprint density at radius 1 is 1.20 bits per heavy atom. The number of fused-ring (bicyclic) bond motifs is 1. The Kier molecular flexibility index (Phi) is 5.07. The van der Waals surface area contributed by atoms with E-state index in [1.807, 2.05) is 0 Å². The van der Waals surface area contributed by atoms with E-state index in [0.717, 1.165) is 0 Å². The van der Waals surface area contributed by atoms with Crippen molar-refractivity contribution in [1.29, 1.82) is 0 Å². The smallest absolute Gasteiger partial charge is 0.255 e. The molecule has 0 bridgehead atoms. The van der Waals surface area contributed by atoms with Crippen LogP contribution in [0.25, 0.3) is 0 Å². The highest BCUT2D eigenvalue weighted by atomic mass is 19.1. The Bertz CT molecular complexity index is 1070. The van der Waals surface area contributed by atoms with Crippen LogP contribution in [-0.2, 0) is 16.1 Å². The van der Waals surface area contributed by atoms with Gasteiger partial charge < -0.3 is 10.2 Å². The van der Waals surface area contributed by atoms with Crippen molar-refractivity contribution in [1.82, 2.24) is 15.5 Å². The van der Waals surface area contributed by atoms with Crippen LogP contribution in [-0.4, -0.2) is 34.6 Å². The number of carbonyl (C=O) groups is 4. The Hall–Kier alpha value is -3.55. The summed E-state index contributed by atoms with van der Waals surface area (Å²) in [5.41, 5.74) is 1.79. The summed E-state index contributed by atoms with van der Waals surface area (Å²) in [4.78, 5) is 50.3. The number of nitrogens with one attached hydrogen (secondary N) is 2. The molecule has 1 unspecified atom stereocenters. The number of nitrogens with zero attached hydrogens (tertiary/aromatic N) is 1. The summed E-state index contributed by atoms with van der Waals surface area (Å²) >= 11 is 0. The van der Waals surface area contributed by atoms with Crippen molar-refractivity contribution >= 4 is 23.6 Å². The third kappa shape index (κ3) is 3.56. The molecule has 0 spiro atoms. The molecule has 1 saturated heterocycles. The highest BCUT2D eigenvalue weighted by Gasteiger charge is 2.39. The Morgan fingerprint density at radius 2 is 1.97 bits per heavy atom. The number of rotatable bonds is 4. The molecule has 0 aliphatic carbocycles. The summed E-state index contributed by atoms with van der Waals surface area (Å²) in [6.07, 6.45) is 0.454. The van der Waals surface area contributed by atoms with Crippen molar-refractivity contribution in [2.75, 3.05) is 0 Å². The maximum absolute atomic E-state index is 13.9.